The number of halogens is 3. The van der Waals surface area contributed by atoms with Crippen molar-refractivity contribution in [2.24, 2.45) is 0 Å². The first-order chi connectivity index (χ1) is 5.65. The second-order valence-electron chi connectivity index (χ2n) is 2.34. The van der Waals surface area contributed by atoms with E-state index in [1.165, 1.54) is 0 Å². The smallest absolute Gasteiger partial charge is 0.0901 e. The molecule has 1 atom stereocenters. The van der Waals surface area contributed by atoms with Crippen LogP contribution in [0, 0.1) is 0 Å². The highest BCUT2D eigenvalue weighted by atomic mass is 79.9. The lowest BCUT2D eigenvalue weighted by atomic mass is 10.1. The molecule has 0 amide bonds. The molecule has 0 heterocycles. The first-order valence-electron chi connectivity index (χ1n) is 3.34. The van der Waals surface area contributed by atoms with Crippen molar-refractivity contribution in [2.45, 2.75) is 6.10 Å². The molecule has 0 radical (unpaired) electrons. The van der Waals surface area contributed by atoms with E-state index in [9.17, 15) is 5.11 Å². The molecule has 0 aliphatic carbocycles. The summed E-state index contributed by atoms with van der Waals surface area (Å²) in [5.74, 6) is 0. The molecule has 0 fully saturated rings. The number of benzene rings is 1. The van der Waals surface area contributed by atoms with Crippen LogP contribution in [0.3, 0.4) is 0 Å². The van der Waals surface area contributed by atoms with Crippen molar-refractivity contribution < 1.29 is 5.11 Å². The summed E-state index contributed by atoms with van der Waals surface area (Å²) in [7, 11) is 0. The SMILES string of the molecule is O[C@H](CBr)c1ccc(Cl)cc1Cl. The quantitative estimate of drug-likeness (QED) is 0.816. The molecule has 0 bridgehead atoms. The van der Waals surface area contributed by atoms with Crippen molar-refractivity contribution in [1.29, 1.82) is 0 Å². The Labute approximate surface area is 89.4 Å². The van der Waals surface area contributed by atoms with E-state index >= 15 is 0 Å². The Morgan fingerprint density at radius 2 is 2.08 bits per heavy atom. The van der Waals surface area contributed by atoms with Crippen molar-refractivity contribution in [3.8, 4) is 0 Å². The van der Waals surface area contributed by atoms with E-state index in [2.05, 4.69) is 15.9 Å². The van der Waals surface area contributed by atoms with Crippen LogP contribution in [0.4, 0.5) is 0 Å². The van der Waals surface area contributed by atoms with Crippen LogP contribution in [-0.4, -0.2) is 10.4 Å². The molecule has 0 aromatic heterocycles. The second kappa shape index (κ2) is 4.47. The Morgan fingerprint density at radius 3 is 2.58 bits per heavy atom. The van der Waals surface area contributed by atoms with E-state index in [0.29, 0.717) is 20.9 Å². The fraction of sp³-hybridized carbons (Fsp3) is 0.250. The summed E-state index contributed by atoms with van der Waals surface area (Å²) in [6.07, 6.45) is -0.574. The van der Waals surface area contributed by atoms with Gasteiger partial charge in [0.25, 0.3) is 0 Å². The second-order valence-corrected chi connectivity index (χ2v) is 3.83. The summed E-state index contributed by atoms with van der Waals surface area (Å²) in [6.45, 7) is 0. The maximum Gasteiger partial charge on any atom is 0.0901 e. The Kier molecular flexibility index (Phi) is 3.84. The van der Waals surface area contributed by atoms with Crippen LogP contribution in [0.5, 0.6) is 0 Å². The van der Waals surface area contributed by atoms with Gasteiger partial charge < -0.3 is 5.11 Å². The lowest BCUT2D eigenvalue weighted by Gasteiger charge is -2.08. The Balaban J connectivity index is 3.01. The Morgan fingerprint density at radius 1 is 1.42 bits per heavy atom. The van der Waals surface area contributed by atoms with Gasteiger partial charge >= 0.3 is 0 Å². The predicted molar refractivity (Wildman–Crippen MR) is 55.2 cm³/mol. The lowest BCUT2D eigenvalue weighted by molar-refractivity contribution is 0.205. The van der Waals surface area contributed by atoms with Crippen molar-refractivity contribution in [2.75, 3.05) is 5.33 Å². The van der Waals surface area contributed by atoms with Crippen LogP contribution in [0.2, 0.25) is 10.0 Å². The number of alkyl halides is 1. The minimum atomic E-state index is -0.574. The standard InChI is InChI=1S/C8H7BrCl2O/c9-4-8(12)6-2-1-5(10)3-7(6)11/h1-3,8,12H,4H2/t8-/m1/s1. The van der Waals surface area contributed by atoms with Gasteiger partial charge in [0.15, 0.2) is 0 Å². The molecular weight excluding hydrogens is 263 g/mol. The molecule has 1 rings (SSSR count). The van der Waals surface area contributed by atoms with Gasteiger partial charge in [-0.1, -0.05) is 45.2 Å². The van der Waals surface area contributed by atoms with Crippen LogP contribution in [-0.2, 0) is 0 Å². The van der Waals surface area contributed by atoms with Crippen LogP contribution < -0.4 is 0 Å². The highest BCUT2D eigenvalue weighted by Crippen LogP contribution is 2.26. The lowest BCUT2D eigenvalue weighted by Crippen LogP contribution is -1.98. The molecular formula is C8H7BrCl2O. The zero-order chi connectivity index (χ0) is 9.14. The minimum Gasteiger partial charge on any atom is -0.387 e. The van der Waals surface area contributed by atoms with Gasteiger partial charge in [-0.3, -0.25) is 0 Å². The number of hydrogen-bond donors (Lipinski definition) is 1. The van der Waals surface area contributed by atoms with Crippen LogP contribution in [0.1, 0.15) is 11.7 Å². The third kappa shape index (κ3) is 2.36. The van der Waals surface area contributed by atoms with Crippen LogP contribution in [0.15, 0.2) is 18.2 Å². The molecule has 0 aliphatic rings. The van der Waals surface area contributed by atoms with Gasteiger partial charge in [0.2, 0.25) is 0 Å². The van der Waals surface area contributed by atoms with Crippen molar-refractivity contribution >= 4 is 39.1 Å². The molecule has 66 valence electrons. The summed E-state index contributed by atoms with van der Waals surface area (Å²) in [5, 5.41) is 11.0. The van der Waals surface area contributed by atoms with Gasteiger partial charge in [-0.25, -0.2) is 0 Å². The number of hydrogen-bond acceptors (Lipinski definition) is 1. The molecule has 0 unspecified atom stereocenters. The highest BCUT2D eigenvalue weighted by molar-refractivity contribution is 9.09. The third-order valence-electron chi connectivity index (χ3n) is 1.47. The molecule has 1 aromatic rings. The van der Waals surface area contributed by atoms with Gasteiger partial charge in [0.05, 0.1) is 6.10 Å². The molecule has 1 N–H and O–H groups in total. The maximum atomic E-state index is 9.43. The van der Waals surface area contributed by atoms with E-state index < -0.39 is 6.10 Å². The van der Waals surface area contributed by atoms with E-state index in [-0.39, 0.29) is 0 Å². The van der Waals surface area contributed by atoms with E-state index in [1.807, 2.05) is 0 Å². The molecule has 12 heavy (non-hydrogen) atoms. The minimum absolute atomic E-state index is 0.467. The van der Waals surface area contributed by atoms with Crippen molar-refractivity contribution in [3.63, 3.8) is 0 Å². The van der Waals surface area contributed by atoms with Crippen LogP contribution >= 0.6 is 39.1 Å². The fourth-order valence-corrected chi connectivity index (χ4v) is 1.74. The van der Waals surface area contributed by atoms with Gasteiger partial charge in [0, 0.05) is 20.9 Å². The highest BCUT2D eigenvalue weighted by Gasteiger charge is 2.09. The topological polar surface area (TPSA) is 20.2 Å². The van der Waals surface area contributed by atoms with Crippen molar-refractivity contribution in [3.05, 3.63) is 33.8 Å². The average molecular weight is 270 g/mol. The van der Waals surface area contributed by atoms with Gasteiger partial charge in [-0.05, 0) is 12.1 Å². The molecule has 1 nitrogen and oxygen atoms in total. The number of aliphatic hydroxyl groups excluding tert-OH is 1. The first-order valence-corrected chi connectivity index (χ1v) is 5.22. The fourth-order valence-electron chi connectivity index (χ4n) is 0.855. The van der Waals surface area contributed by atoms with Gasteiger partial charge in [-0.2, -0.15) is 0 Å². The summed E-state index contributed by atoms with van der Waals surface area (Å²) in [6, 6.07) is 5.04. The number of aliphatic hydroxyl groups is 1. The first kappa shape index (κ1) is 10.3. The summed E-state index contributed by atoms with van der Waals surface area (Å²) in [4.78, 5) is 0. The van der Waals surface area contributed by atoms with Gasteiger partial charge in [0.1, 0.15) is 0 Å². The molecule has 0 saturated carbocycles. The summed E-state index contributed by atoms with van der Waals surface area (Å²) in [5.41, 5.74) is 0.693. The molecule has 1 aromatic carbocycles. The summed E-state index contributed by atoms with van der Waals surface area (Å²) < 4.78 is 0. The van der Waals surface area contributed by atoms with E-state index in [0.717, 1.165) is 0 Å². The largest absolute Gasteiger partial charge is 0.387 e. The average Bonchev–Trinajstić information content (AvgIpc) is 2.03. The predicted octanol–water partition coefficient (Wildman–Crippen LogP) is 3.42. The maximum absolute atomic E-state index is 9.43. The molecule has 0 spiro atoms. The molecule has 0 aliphatic heterocycles. The van der Waals surface area contributed by atoms with Crippen molar-refractivity contribution in [1.82, 2.24) is 0 Å². The zero-order valence-electron chi connectivity index (χ0n) is 6.10. The van der Waals surface area contributed by atoms with E-state index in [1.54, 1.807) is 18.2 Å². The Bertz CT molecular complexity index is 278. The molecule has 4 heteroatoms. The zero-order valence-corrected chi connectivity index (χ0v) is 9.20. The van der Waals surface area contributed by atoms with Gasteiger partial charge in [-0.15, -0.1) is 0 Å². The van der Waals surface area contributed by atoms with E-state index in [4.69, 9.17) is 23.2 Å². The monoisotopic (exact) mass is 268 g/mol. The summed E-state index contributed by atoms with van der Waals surface area (Å²) >= 11 is 14.7. The Hall–Kier alpha value is 0.240. The third-order valence-corrected chi connectivity index (χ3v) is 2.64. The normalized spacial score (nSPS) is 13.0. The number of rotatable bonds is 2. The molecule has 0 saturated heterocycles. The van der Waals surface area contributed by atoms with Crippen LogP contribution in [0.25, 0.3) is 0 Å².